The number of rotatable bonds is 7. The fourth-order valence-corrected chi connectivity index (χ4v) is 3.51. The van der Waals surface area contributed by atoms with Gasteiger partial charge in [-0.2, -0.15) is 5.10 Å². The van der Waals surface area contributed by atoms with E-state index in [1.807, 2.05) is 19.1 Å². The highest BCUT2D eigenvalue weighted by atomic mass is 32.1. The highest BCUT2D eigenvalue weighted by Gasteiger charge is 2.16. The van der Waals surface area contributed by atoms with Gasteiger partial charge in [-0.1, -0.05) is 0 Å². The Kier molecular flexibility index (Phi) is 8.02. The van der Waals surface area contributed by atoms with Gasteiger partial charge in [-0.3, -0.25) is 10.3 Å². The van der Waals surface area contributed by atoms with Crippen molar-refractivity contribution in [3.8, 4) is 5.75 Å². The number of nitrogens with one attached hydrogen (secondary N) is 2. The van der Waals surface area contributed by atoms with E-state index in [1.165, 1.54) is 0 Å². The Morgan fingerprint density at radius 3 is 2.86 bits per heavy atom. The number of nitrogens with zero attached hydrogens (tertiary/aromatic N) is 2. The molecule has 0 radical (unpaired) electrons. The quantitative estimate of drug-likeness (QED) is 0.407. The van der Waals surface area contributed by atoms with Crippen LogP contribution in [0.15, 0.2) is 23.3 Å². The number of hydrogen-bond donors (Lipinski definition) is 2. The van der Waals surface area contributed by atoms with Crippen LogP contribution < -0.4 is 15.5 Å². The largest absolute Gasteiger partial charge is 0.496 e. The van der Waals surface area contributed by atoms with Gasteiger partial charge < -0.3 is 19.5 Å². The van der Waals surface area contributed by atoms with Crippen LogP contribution in [0.3, 0.4) is 0 Å². The topological polar surface area (TPSA) is 67.3 Å². The maximum Gasteiger partial charge on any atom is 0.187 e. The molecule has 154 valence electrons. The molecule has 0 spiro atoms. The number of thiocarbonyl (C=S) groups is 1. The monoisotopic (exact) mass is 406 g/mol. The Balaban J connectivity index is 1.58. The average Bonchev–Trinajstić information content (AvgIpc) is 3.25. The summed E-state index contributed by atoms with van der Waals surface area (Å²) in [4.78, 5) is 2.37. The van der Waals surface area contributed by atoms with E-state index in [0.29, 0.717) is 11.7 Å². The lowest BCUT2D eigenvalue weighted by Crippen LogP contribution is -2.37. The van der Waals surface area contributed by atoms with Crippen LogP contribution in [-0.4, -0.2) is 68.4 Å². The van der Waals surface area contributed by atoms with Crippen molar-refractivity contribution in [2.45, 2.75) is 32.4 Å². The summed E-state index contributed by atoms with van der Waals surface area (Å²) in [5.74, 6) is 0.893. The van der Waals surface area contributed by atoms with Gasteiger partial charge in [0.25, 0.3) is 0 Å². The zero-order chi connectivity index (χ0) is 19.8. The van der Waals surface area contributed by atoms with Crippen LogP contribution >= 0.6 is 12.2 Å². The molecular formula is C20H30N4O3S. The Hall–Kier alpha value is -1.74. The highest BCUT2D eigenvalue weighted by Crippen LogP contribution is 2.22. The maximum atomic E-state index is 5.59. The molecule has 2 fully saturated rings. The molecule has 2 N–H and O–H groups in total. The Morgan fingerprint density at radius 2 is 2.14 bits per heavy atom. The van der Waals surface area contributed by atoms with E-state index in [9.17, 15) is 0 Å². The molecule has 0 bridgehead atoms. The van der Waals surface area contributed by atoms with Gasteiger partial charge in [-0.15, -0.1) is 0 Å². The molecule has 2 aliphatic heterocycles. The third-order valence-corrected chi connectivity index (χ3v) is 5.27. The third kappa shape index (κ3) is 6.13. The molecule has 0 amide bonds. The first-order valence-corrected chi connectivity index (χ1v) is 10.2. The van der Waals surface area contributed by atoms with Crippen LogP contribution in [0, 0.1) is 0 Å². The predicted molar refractivity (Wildman–Crippen MR) is 114 cm³/mol. The summed E-state index contributed by atoms with van der Waals surface area (Å²) < 4.78 is 16.6. The molecule has 7 nitrogen and oxygen atoms in total. The number of methoxy groups -OCH3 is 1. The summed E-state index contributed by atoms with van der Waals surface area (Å²) in [6.07, 6.45) is 2.44. The molecule has 8 heteroatoms. The van der Waals surface area contributed by atoms with Gasteiger partial charge in [0, 0.05) is 38.3 Å². The van der Waals surface area contributed by atoms with Crippen molar-refractivity contribution in [1.82, 2.24) is 15.6 Å². The lowest BCUT2D eigenvalue weighted by Gasteiger charge is -2.27. The van der Waals surface area contributed by atoms with E-state index < -0.39 is 0 Å². The van der Waals surface area contributed by atoms with Gasteiger partial charge in [-0.05, 0) is 55.7 Å². The van der Waals surface area contributed by atoms with Gasteiger partial charge in [-0.25, -0.2) is 0 Å². The van der Waals surface area contributed by atoms with Gasteiger partial charge in [0.1, 0.15) is 5.75 Å². The van der Waals surface area contributed by atoms with E-state index in [4.69, 9.17) is 26.4 Å². The van der Waals surface area contributed by atoms with Crippen molar-refractivity contribution in [3.63, 3.8) is 0 Å². The lowest BCUT2D eigenvalue weighted by atomic mass is 10.1. The van der Waals surface area contributed by atoms with Crippen LogP contribution in [0.25, 0.3) is 0 Å². The van der Waals surface area contributed by atoms with Crippen LogP contribution in [0.1, 0.15) is 30.9 Å². The lowest BCUT2D eigenvalue weighted by molar-refractivity contribution is 0.0339. The molecule has 3 rings (SSSR count). The second kappa shape index (κ2) is 10.7. The zero-order valence-corrected chi connectivity index (χ0v) is 17.5. The van der Waals surface area contributed by atoms with Gasteiger partial charge >= 0.3 is 0 Å². The molecule has 2 saturated heterocycles. The van der Waals surface area contributed by atoms with Gasteiger partial charge in [0.2, 0.25) is 0 Å². The first kappa shape index (κ1) is 21.0. The average molecular weight is 407 g/mol. The second-order valence-electron chi connectivity index (χ2n) is 7.07. The number of morpholine rings is 1. The zero-order valence-electron chi connectivity index (χ0n) is 16.7. The molecule has 0 aliphatic carbocycles. The molecule has 1 aromatic rings. The molecule has 2 heterocycles. The van der Waals surface area contributed by atoms with E-state index in [1.54, 1.807) is 7.11 Å². The summed E-state index contributed by atoms with van der Waals surface area (Å²) in [6, 6.07) is 6.15. The van der Waals surface area contributed by atoms with Gasteiger partial charge in [0.05, 0.1) is 32.1 Å². The molecular weight excluding hydrogens is 376 g/mol. The number of benzene rings is 1. The standard InChI is InChI=1S/C20H30N4O3S/c1-15(22-23-20(28)21-13-18-4-3-9-27-18)16-5-6-19(25-2)17(12-16)14-24-7-10-26-11-8-24/h5-6,12,18H,3-4,7-11,13-14H2,1-2H3,(H2,21,23,28)/b22-15-/t18-/m0/s1. The van der Waals surface area contributed by atoms with Crippen LogP contribution in [-0.2, 0) is 16.0 Å². The molecule has 1 aromatic carbocycles. The summed E-state index contributed by atoms with van der Waals surface area (Å²) in [6.45, 7) is 7.80. The van der Waals surface area contributed by atoms with Gasteiger partial charge in [0.15, 0.2) is 5.11 Å². The SMILES string of the molecule is COc1ccc(/C(C)=N\NC(=S)NC[C@@H]2CCCO2)cc1CN1CCOCC1. The Morgan fingerprint density at radius 1 is 1.32 bits per heavy atom. The van der Waals surface area contributed by atoms with E-state index >= 15 is 0 Å². The number of hydrogen-bond acceptors (Lipinski definition) is 6. The Labute approximate surface area is 172 Å². The van der Waals surface area contributed by atoms with Crippen molar-refractivity contribution in [3.05, 3.63) is 29.3 Å². The van der Waals surface area contributed by atoms with E-state index in [-0.39, 0.29) is 6.10 Å². The maximum absolute atomic E-state index is 5.59. The second-order valence-corrected chi connectivity index (χ2v) is 7.48. The predicted octanol–water partition coefficient (Wildman–Crippen LogP) is 1.89. The molecule has 1 atom stereocenters. The van der Waals surface area contributed by atoms with E-state index in [0.717, 1.165) is 74.9 Å². The minimum atomic E-state index is 0.245. The fourth-order valence-electron chi connectivity index (χ4n) is 3.38. The first-order valence-electron chi connectivity index (χ1n) is 9.83. The van der Waals surface area contributed by atoms with Crippen molar-refractivity contribution in [2.75, 3.05) is 46.6 Å². The molecule has 0 saturated carbocycles. The van der Waals surface area contributed by atoms with Crippen LogP contribution in [0.5, 0.6) is 5.75 Å². The molecule has 2 aliphatic rings. The minimum Gasteiger partial charge on any atom is -0.496 e. The third-order valence-electron chi connectivity index (χ3n) is 5.04. The molecule has 28 heavy (non-hydrogen) atoms. The summed E-state index contributed by atoms with van der Waals surface area (Å²) >= 11 is 5.31. The number of ether oxygens (including phenoxy) is 3. The number of hydrazone groups is 1. The summed E-state index contributed by atoms with van der Waals surface area (Å²) in [7, 11) is 1.71. The first-order chi connectivity index (χ1) is 13.7. The Bertz CT molecular complexity index is 686. The highest BCUT2D eigenvalue weighted by molar-refractivity contribution is 7.80. The van der Waals surface area contributed by atoms with E-state index in [2.05, 4.69) is 26.8 Å². The van der Waals surface area contributed by atoms with Crippen molar-refractivity contribution >= 4 is 23.0 Å². The molecule has 0 unspecified atom stereocenters. The van der Waals surface area contributed by atoms with Crippen molar-refractivity contribution in [1.29, 1.82) is 0 Å². The van der Waals surface area contributed by atoms with Crippen molar-refractivity contribution < 1.29 is 14.2 Å². The normalized spacial score (nSPS) is 20.8. The minimum absolute atomic E-state index is 0.245. The smallest absolute Gasteiger partial charge is 0.187 e. The molecule has 0 aromatic heterocycles. The summed E-state index contributed by atoms with van der Waals surface area (Å²) in [5, 5.41) is 8.11. The van der Waals surface area contributed by atoms with Crippen molar-refractivity contribution in [2.24, 2.45) is 5.10 Å². The van der Waals surface area contributed by atoms with Crippen LogP contribution in [0.2, 0.25) is 0 Å². The summed E-state index contributed by atoms with van der Waals surface area (Å²) in [5.41, 5.74) is 5.99. The van der Waals surface area contributed by atoms with Crippen LogP contribution in [0.4, 0.5) is 0 Å². The fraction of sp³-hybridized carbons (Fsp3) is 0.600.